The molecule has 3 aromatic rings. The van der Waals surface area contributed by atoms with Crippen LogP contribution in [-0.4, -0.2) is 35.8 Å². The Morgan fingerprint density at radius 3 is 2.49 bits per heavy atom. The molecule has 0 aromatic heterocycles. The standard InChI is InChI=1S/C28H27NO5S/c1-3-32-25-17-21(12-13-24(25)34-19-22-9-7-8-20(2)16-22)18-26-27(30)29(28(31)35-26)14-15-33-23-10-5-4-6-11-23/h4-13,16-18H,3,14-15,19H2,1-2H3/b26-18-. The number of benzene rings is 3. The first-order valence-electron chi connectivity index (χ1n) is 11.4. The molecule has 4 rings (SSSR count). The molecule has 0 radical (unpaired) electrons. The van der Waals surface area contributed by atoms with Crippen LogP contribution in [0.1, 0.15) is 23.6 Å². The summed E-state index contributed by atoms with van der Waals surface area (Å²) in [6.45, 7) is 5.26. The maximum Gasteiger partial charge on any atom is 0.293 e. The Labute approximate surface area is 209 Å². The summed E-state index contributed by atoms with van der Waals surface area (Å²) in [6, 6.07) is 22.9. The van der Waals surface area contributed by atoms with Gasteiger partial charge in [-0.25, -0.2) is 0 Å². The van der Waals surface area contributed by atoms with Crippen molar-refractivity contribution in [1.82, 2.24) is 4.90 Å². The smallest absolute Gasteiger partial charge is 0.293 e. The third-order valence-corrected chi connectivity index (χ3v) is 6.15. The Bertz CT molecular complexity index is 1230. The zero-order valence-corrected chi connectivity index (χ0v) is 20.5. The van der Waals surface area contributed by atoms with Gasteiger partial charge in [-0.05, 0) is 67.1 Å². The molecule has 0 aliphatic carbocycles. The quantitative estimate of drug-likeness (QED) is 0.321. The van der Waals surface area contributed by atoms with Crippen LogP contribution in [0.4, 0.5) is 4.79 Å². The Morgan fingerprint density at radius 1 is 0.886 bits per heavy atom. The second-order valence-electron chi connectivity index (χ2n) is 7.91. The van der Waals surface area contributed by atoms with E-state index < -0.39 is 0 Å². The van der Waals surface area contributed by atoms with Gasteiger partial charge >= 0.3 is 0 Å². The number of amides is 2. The minimum atomic E-state index is -0.325. The van der Waals surface area contributed by atoms with Crippen molar-refractivity contribution >= 4 is 29.0 Å². The Morgan fingerprint density at radius 2 is 1.71 bits per heavy atom. The fraction of sp³-hybridized carbons (Fsp3) is 0.214. The lowest BCUT2D eigenvalue weighted by Crippen LogP contribution is -2.32. The molecular formula is C28H27NO5S. The summed E-state index contributed by atoms with van der Waals surface area (Å²) in [5, 5.41) is -0.305. The molecule has 0 spiro atoms. The van der Waals surface area contributed by atoms with Gasteiger partial charge in [0.2, 0.25) is 0 Å². The number of aryl methyl sites for hydroxylation is 1. The number of para-hydroxylation sites is 1. The molecule has 0 N–H and O–H groups in total. The van der Waals surface area contributed by atoms with Crippen LogP contribution in [0.2, 0.25) is 0 Å². The number of carbonyl (C=O) groups is 2. The van der Waals surface area contributed by atoms with E-state index >= 15 is 0 Å². The number of nitrogens with zero attached hydrogens (tertiary/aromatic N) is 1. The highest BCUT2D eigenvalue weighted by atomic mass is 32.2. The minimum absolute atomic E-state index is 0.187. The van der Waals surface area contributed by atoms with E-state index in [1.165, 1.54) is 10.5 Å². The monoisotopic (exact) mass is 489 g/mol. The molecule has 35 heavy (non-hydrogen) atoms. The summed E-state index contributed by atoms with van der Waals surface area (Å²) >= 11 is 0.926. The van der Waals surface area contributed by atoms with Crippen molar-refractivity contribution in [2.24, 2.45) is 0 Å². The molecule has 1 heterocycles. The summed E-state index contributed by atoms with van der Waals surface area (Å²) in [4.78, 5) is 26.8. The molecule has 1 aliphatic heterocycles. The number of carbonyl (C=O) groups excluding carboxylic acids is 2. The van der Waals surface area contributed by atoms with E-state index in [2.05, 4.69) is 6.07 Å². The van der Waals surface area contributed by atoms with Gasteiger partial charge in [-0.2, -0.15) is 0 Å². The highest BCUT2D eigenvalue weighted by Crippen LogP contribution is 2.35. The van der Waals surface area contributed by atoms with Gasteiger partial charge in [-0.1, -0.05) is 54.1 Å². The van der Waals surface area contributed by atoms with E-state index in [9.17, 15) is 9.59 Å². The van der Waals surface area contributed by atoms with Crippen LogP contribution < -0.4 is 14.2 Å². The molecular weight excluding hydrogens is 462 g/mol. The molecule has 1 fully saturated rings. The lowest BCUT2D eigenvalue weighted by molar-refractivity contribution is -0.123. The van der Waals surface area contributed by atoms with Gasteiger partial charge in [-0.3, -0.25) is 14.5 Å². The summed E-state index contributed by atoms with van der Waals surface area (Å²) in [6.07, 6.45) is 1.70. The predicted molar refractivity (Wildman–Crippen MR) is 138 cm³/mol. The Balaban J connectivity index is 1.42. The van der Waals surface area contributed by atoms with Crippen molar-refractivity contribution < 1.29 is 23.8 Å². The molecule has 7 heteroatoms. The molecule has 3 aromatic carbocycles. The van der Waals surface area contributed by atoms with Crippen LogP contribution in [-0.2, 0) is 11.4 Å². The molecule has 0 saturated carbocycles. The van der Waals surface area contributed by atoms with Gasteiger partial charge in [0.1, 0.15) is 19.0 Å². The fourth-order valence-electron chi connectivity index (χ4n) is 3.58. The topological polar surface area (TPSA) is 65.1 Å². The summed E-state index contributed by atoms with van der Waals surface area (Å²) in [5.41, 5.74) is 3.00. The minimum Gasteiger partial charge on any atom is -0.492 e. The number of ether oxygens (including phenoxy) is 3. The van der Waals surface area contributed by atoms with Gasteiger partial charge in [0.05, 0.1) is 18.1 Å². The summed E-state index contributed by atoms with van der Waals surface area (Å²) in [5.74, 6) is 1.58. The predicted octanol–water partition coefficient (Wildman–Crippen LogP) is 6.09. The largest absolute Gasteiger partial charge is 0.492 e. The van der Waals surface area contributed by atoms with Gasteiger partial charge in [0.15, 0.2) is 11.5 Å². The number of hydrogen-bond donors (Lipinski definition) is 0. The molecule has 6 nitrogen and oxygen atoms in total. The fourth-order valence-corrected chi connectivity index (χ4v) is 4.45. The lowest BCUT2D eigenvalue weighted by atomic mass is 10.1. The molecule has 2 amide bonds. The lowest BCUT2D eigenvalue weighted by Gasteiger charge is -2.13. The highest BCUT2D eigenvalue weighted by Gasteiger charge is 2.34. The third kappa shape index (κ3) is 6.45. The van der Waals surface area contributed by atoms with Crippen molar-refractivity contribution in [3.63, 3.8) is 0 Å². The molecule has 0 bridgehead atoms. The zero-order chi connectivity index (χ0) is 24.6. The van der Waals surface area contributed by atoms with Crippen molar-refractivity contribution in [3.8, 4) is 17.2 Å². The number of imide groups is 1. The average Bonchev–Trinajstić information content (AvgIpc) is 3.12. The van der Waals surface area contributed by atoms with E-state index in [1.54, 1.807) is 6.08 Å². The third-order valence-electron chi connectivity index (χ3n) is 5.24. The van der Waals surface area contributed by atoms with E-state index in [1.807, 2.05) is 80.6 Å². The molecule has 1 saturated heterocycles. The van der Waals surface area contributed by atoms with Gasteiger partial charge in [0, 0.05) is 0 Å². The van der Waals surface area contributed by atoms with E-state index in [0.717, 1.165) is 22.9 Å². The van der Waals surface area contributed by atoms with Crippen molar-refractivity contribution in [3.05, 3.63) is 94.4 Å². The van der Waals surface area contributed by atoms with Crippen LogP contribution >= 0.6 is 11.8 Å². The SMILES string of the molecule is CCOc1cc(/C=C2\SC(=O)N(CCOc3ccccc3)C2=O)ccc1OCc1cccc(C)c1. The Kier molecular flexibility index (Phi) is 8.11. The van der Waals surface area contributed by atoms with Crippen molar-refractivity contribution in [1.29, 1.82) is 0 Å². The van der Waals surface area contributed by atoms with Crippen LogP contribution in [0, 0.1) is 6.92 Å². The normalized spacial score (nSPS) is 14.5. The zero-order valence-electron chi connectivity index (χ0n) is 19.7. The summed E-state index contributed by atoms with van der Waals surface area (Å²) in [7, 11) is 0. The van der Waals surface area contributed by atoms with Crippen LogP contribution in [0.5, 0.6) is 17.2 Å². The molecule has 1 aliphatic rings. The first-order chi connectivity index (χ1) is 17.0. The maximum atomic E-state index is 12.8. The first kappa shape index (κ1) is 24.4. The van der Waals surface area contributed by atoms with Crippen molar-refractivity contribution in [2.75, 3.05) is 19.8 Å². The average molecular weight is 490 g/mol. The van der Waals surface area contributed by atoms with E-state index in [-0.39, 0.29) is 24.3 Å². The van der Waals surface area contributed by atoms with Gasteiger partial charge in [0.25, 0.3) is 11.1 Å². The van der Waals surface area contributed by atoms with Crippen molar-refractivity contribution in [2.45, 2.75) is 20.5 Å². The molecule has 180 valence electrons. The first-order valence-corrected chi connectivity index (χ1v) is 12.2. The second kappa shape index (κ2) is 11.6. The second-order valence-corrected chi connectivity index (χ2v) is 8.90. The number of rotatable bonds is 10. The van der Waals surface area contributed by atoms with Crippen LogP contribution in [0.3, 0.4) is 0 Å². The van der Waals surface area contributed by atoms with Crippen LogP contribution in [0.25, 0.3) is 6.08 Å². The summed E-state index contributed by atoms with van der Waals surface area (Å²) < 4.78 is 17.4. The maximum absolute atomic E-state index is 12.8. The Hall–Kier alpha value is -3.71. The highest BCUT2D eigenvalue weighted by molar-refractivity contribution is 8.18. The molecule has 0 unspecified atom stereocenters. The van der Waals surface area contributed by atoms with Crippen LogP contribution in [0.15, 0.2) is 77.7 Å². The van der Waals surface area contributed by atoms with Gasteiger partial charge < -0.3 is 14.2 Å². The van der Waals surface area contributed by atoms with Gasteiger partial charge in [-0.15, -0.1) is 0 Å². The number of hydrogen-bond acceptors (Lipinski definition) is 6. The number of thioether (sulfide) groups is 1. The van der Waals surface area contributed by atoms with E-state index in [0.29, 0.717) is 35.4 Å². The molecule has 0 atom stereocenters. The van der Waals surface area contributed by atoms with E-state index in [4.69, 9.17) is 14.2 Å².